The summed E-state index contributed by atoms with van der Waals surface area (Å²) >= 11 is 5.81. The maximum absolute atomic E-state index is 13.0. The zero-order chi connectivity index (χ0) is 17.1. The molecular formula is C18H16ClFN2O2. The van der Waals surface area contributed by atoms with Crippen LogP contribution in [0.15, 0.2) is 48.5 Å². The second-order valence-electron chi connectivity index (χ2n) is 5.68. The summed E-state index contributed by atoms with van der Waals surface area (Å²) in [6.45, 7) is 0.496. The maximum Gasteiger partial charge on any atom is 0.249 e. The second kappa shape index (κ2) is 7.01. The van der Waals surface area contributed by atoms with Gasteiger partial charge in [-0.1, -0.05) is 23.7 Å². The van der Waals surface area contributed by atoms with E-state index in [-0.39, 0.29) is 24.1 Å². The third-order valence-electron chi connectivity index (χ3n) is 3.96. The van der Waals surface area contributed by atoms with Gasteiger partial charge < -0.3 is 10.2 Å². The van der Waals surface area contributed by atoms with Crippen molar-refractivity contribution >= 4 is 29.1 Å². The predicted octanol–water partition coefficient (Wildman–Crippen LogP) is 2.94. The smallest absolute Gasteiger partial charge is 0.249 e. The van der Waals surface area contributed by atoms with E-state index >= 15 is 0 Å². The summed E-state index contributed by atoms with van der Waals surface area (Å²) in [5.41, 5.74) is 1.47. The number of hydrogen-bond donors (Lipinski definition) is 1. The highest BCUT2D eigenvalue weighted by atomic mass is 35.5. The van der Waals surface area contributed by atoms with Gasteiger partial charge in [-0.3, -0.25) is 9.59 Å². The molecule has 2 aromatic carbocycles. The lowest BCUT2D eigenvalue weighted by atomic mass is 10.1. The molecule has 1 aliphatic rings. The third-order valence-corrected chi connectivity index (χ3v) is 4.21. The Kier molecular flexibility index (Phi) is 4.81. The fraction of sp³-hybridized carbons (Fsp3) is 0.222. The van der Waals surface area contributed by atoms with E-state index in [1.807, 2.05) is 0 Å². The van der Waals surface area contributed by atoms with Crippen LogP contribution < -0.4 is 10.2 Å². The van der Waals surface area contributed by atoms with Gasteiger partial charge in [-0.2, -0.15) is 0 Å². The molecule has 1 heterocycles. The van der Waals surface area contributed by atoms with Crippen LogP contribution in [0.3, 0.4) is 0 Å². The fourth-order valence-corrected chi connectivity index (χ4v) is 2.85. The zero-order valence-electron chi connectivity index (χ0n) is 12.8. The molecule has 1 fully saturated rings. The average Bonchev–Trinajstić information content (AvgIpc) is 2.91. The molecule has 2 aromatic rings. The first-order chi connectivity index (χ1) is 11.5. The molecule has 0 spiro atoms. The summed E-state index contributed by atoms with van der Waals surface area (Å²) in [5.74, 6) is -0.735. The maximum atomic E-state index is 13.0. The van der Waals surface area contributed by atoms with Crippen LogP contribution in [0, 0.1) is 5.82 Å². The third kappa shape index (κ3) is 3.74. The van der Waals surface area contributed by atoms with Gasteiger partial charge in [0.05, 0.1) is 6.42 Å². The number of anilines is 1. The topological polar surface area (TPSA) is 49.4 Å². The molecule has 4 nitrogen and oxygen atoms in total. The van der Waals surface area contributed by atoms with E-state index in [0.717, 1.165) is 5.56 Å². The van der Waals surface area contributed by atoms with Crippen LogP contribution in [0.4, 0.5) is 10.1 Å². The fourth-order valence-electron chi connectivity index (χ4n) is 2.72. The van der Waals surface area contributed by atoms with E-state index in [4.69, 9.17) is 11.6 Å². The molecule has 1 atom stereocenters. The van der Waals surface area contributed by atoms with Gasteiger partial charge in [0.15, 0.2) is 0 Å². The number of nitrogens with zero attached hydrogens (tertiary/aromatic N) is 1. The Morgan fingerprint density at radius 1 is 1.17 bits per heavy atom. The summed E-state index contributed by atoms with van der Waals surface area (Å²) in [5, 5.41) is 3.38. The first-order valence-electron chi connectivity index (χ1n) is 7.64. The van der Waals surface area contributed by atoms with Crippen molar-refractivity contribution in [3.8, 4) is 0 Å². The van der Waals surface area contributed by atoms with Crippen molar-refractivity contribution in [1.29, 1.82) is 0 Å². The summed E-state index contributed by atoms with van der Waals surface area (Å²) in [7, 11) is 0. The normalized spacial score (nSPS) is 17.2. The average molecular weight is 347 g/mol. The summed E-state index contributed by atoms with van der Waals surface area (Å²) < 4.78 is 13.0. The summed E-state index contributed by atoms with van der Waals surface area (Å²) in [6.07, 6.45) is 0.722. The Hall–Kier alpha value is -2.40. The first-order valence-corrected chi connectivity index (χ1v) is 8.01. The molecule has 0 aliphatic carbocycles. The van der Waals surface area contributed by atoms with E-state index in [2.05, 4.69) is 5.32 Å². The van der Waals surface area contributed by atoms with Gasteiger partial charge in [0, 0.05) is 17.3 Å². The van der Waals surface area contributed by atoms with Crippen molar-refractivity contribution in [2.75, 3.05) is 11.4 Å². The zero-order valence-corrected chi connectivity index (χ0v) is 13.6. The van der Waals surface area contributed by atoms with E-state index < -0.39 is 6.04 Å². The van der Waals surface area contributed by atoms with Crippen LogP contribution in [-0.2, 0) is 16.0 Å². The van der Waals surface area contributed by atoms with Crippen molar-refractivity contribution in [3.05, 3.63) is 64.9 Å². The molecule has 1 saturated heterocycles. The van der Waals surface area contributed by atoms with E-state index in [1.54, 1.807) is 41.3 Å². The van der Waals surface area contributed by atoms with Gasteiger partial charge in [0.2, 0.25) is 11.8 Å². The molecule has 0 aromatic heterocycles. The first kappa shape index (κ1) is 16.5. The Labute approximate surface area is 144 Å². The number of carbonyl (C=O) groups is 2. The van der Waals surface area contributed by atoms with Gasteiger partial charge in [-0.15, -0.1) is 0 Å². The highest BCUT2D eigenvalue weighted by Crippen LogP contribution is 2.22. The molecule has 0 bridgehead atoms. The molecule has 0 saturated carbocycles. The predicted molar refractivity (Wildman–Crippen MR) is 90.5 cm³/mol. The lowest BCUT2D eigenvalue weighted by molar-refractivity contribution is -0.126. The van der Waals surface area contributed by atoms with Gasteiger partial charge in [-0.25, -0.2) is 4.39 Å². The van der Waals surface area contributed by atoms with Crippen molar-refractivity contribution in [2.45, 2.75) is 18.9 Å². The Morgan fingerprint density at radius 2 is 1.83 bits per heavy atom. The van der Waals surface area contributed by atoms with Crippen LogP contribution in [0.5, 0.6) is 0 Å². The van der Waals surface area contributed by atoms with E-state index in [0.29, 0.717) is 23.7 Å². The largest absolute Gasteiger partial charge is 0.344 e. The molecule has 2 amide bonds. The van der Waals surface area contributed by atoms with Crippen LogP contribution in [0.25, 0.3) is 0 Å². The molecule has 24 heavy (non-hydrogen) atoms. The van der Waals surface area contributed by atoms with Crippen LogP contribution in [0.1, 0.15) is 12.0 Å². The Balaban J connectivity index is 1.60. The highest BCUT2D eigenvalue weighted by molar-refractivity contribution is 6.30. The quantitative estimate of drug-likeness (QED) is 0.925. The van der Waals surface area contributed by atoms with Gasteiger partial charge in [0.1, 0.15) is 11.9 Å². The summed E-state index contributed by atoms with van der Waals surface area (Å²) in [4.78, 5) is 26.1. The molecular weight excluding hydrogens is 331 g/mol. The number of nitrogens with one attached hydrogen (secondary N) is 1. The number of carbonyl (C=O) groups excluding carboxylic acids is 2. The number of benzene rings is 2. The van der Waals surface area contributed by atoms with E-state index in [1.165, 1.54) is 12.1 Å². The van der Waals surface area contributed by atoms with E-state index in [9.17, 15) is 14.0 Å². The molecule has 0 radical (unpaired) electrons. The molecule has 3 rings (SSSR count). The van der Waals surface area contributed by atoms with Crippen molar-refractivity contribution in [3.63, 3.8) is 0 Å². The van der Waals surface area contributed by atoms with Crippen LogP contribution in [0.2, 0.25) is 5.02 Å². The Bertz CT molecular complexity index is 747. The van der Waals surface area contributed by atoms with Crippen LogP contribution in [-0.4, -0.2) is 24.4 Å². The van der Waals surface area contributed by atoms with Gasteiger partial charge in [0.25, 0.3) is 0 Å². The highest BCUT2D eigenvalue weighted by Gasteiger charge is 2.33. The van der Waals surface area contributed by atoms with Crippen molar-refractivity contribution in [1.82, 2.24) is 5.32 Å². The minimum Gasteiger partial charge on any atom is -0.344 e. The number of halogens is 2. The minimum absolute atomic E-state index is 0.175. The lowest BCUT2D eigenvalue weighted by Gasteiger charge is -2.17. The molecule has 1 aliphatic heterocycles. The number of rotatable bonds is 4. The van der Waals surface area contributed by atoms with Gasteiger partial charge >= 0.3 is 0 Å². The Morgan fingerprint density at radius 3 is 2.50 bits per heavy atom. The molecule has 124 valence electrons. The van der Waals surface area contributed by atoms with Gasteiger partial charge in [-0.05, 0) is 48.4 Å². The lowest BCUT2D eigenvalue weighted by Crippen LogP contribution is -2.42. The van der Waals surface area contributed by atoms with Crippen molar-refractivity contribution in [2.24, 2.45) is 0 Å². The van der Waals surface area contributed by atoms with Crippen LogP contribution >= 0.6 is 11.6 Å². The number of amides is 2. The standard InChI is InChI=1S/C18H16ClFN2O2/c19-13-3-1-12(2-4-13)11-17(23)21-16-9-10-22(18(16)24)15-7-5-14(20)6-8-15/h1-8,16H,9-11H2,(H,21,23)/t16-/m1/s1. The molecule has 0 unspecified atom stereocenters. The SMILES string of the molecule is O=C(Cc1ccc(Cl)cc1)N[C@@H]1CCN(c2ccc(F)cc2)C1=O. The van der Waals surface area contributed by atoms with Crippen molar-refractivity contribution < 1.29 is 14.0 Å². The number of hydrogen-bond acceptors (Lipinski definition) is 2. The minimum atomic E-state index is -0.546. The monoisotopic (exact) mass is 346 g/mol. The summed E-state index contributed by atoms with van der Waals surface area (Å²) in [6, 6.07) is 12.2. The molecule has 1 N–H and O–H groups in total. The second-order valence-corrected chi connectivity index (χ2v) is 6.11. The molecule has 6 heteroatoms.